The fourth-order valence-corrected chi connectivity index (χ4v) is 1.63. The van der Waals surface area contributed by atoms with Gasteiger partial charge in [-0.3, -0.25) is 0 Å². The summed E-state index contributed by atoms with van der Waals surface area (Å²) in [4.78, 5) is 2.23. The fourth-order valence-electron chi connectivity index (χ4n) is 1.21. The lowest BCUT2D eigenvalue weighted by atomic mass is 10.4. The Morgan fingerprint density at radius 1 is 1.40 bits per heavy atom. The second kappa shape index (κ2) is 4.05. The van der Waals surface area contributed by atoms with Gasteiger partial charge in [-0.25, -0.2) is 4.21 Å². The van der Waals surface area contributed by atoms with Crippen molar-refractivity contribution in [2.75, 3.05) is 25.4 Å². The molecule has 1 unspecified atom stereocenters. The van der Waals surface area contributed by atoms with Gasteiger partial charge in [-0.2, -0.15) is 0 Å². The highest BCUT2D eigenvalue weighted by Gasteiger charge is 2.10. The second-order valence-electron chi connectivity index (χ2n) is 2.57. The molecule has 1 N–H and O–H groups in total. The Balaban J connectivity index is 2.07. The molecular weight excluding hydrogens is 150 g/mol. The normalized spacial score (nSPS) is 23.3. The van der Waals surface area contributed by atoms with Crippen LogP contribution in [0.15, 0.2) is 0 Å². The maximum atomic E-state index is 10.2. The van der Waals surface area contributed by atoms with Crippen molar-refractivity contribution < 1.29 is 8.76 Å². The molecule has 1 atom stereocenters. The predicted octanol–water partition coefficient (Wildman–Crippen LogP) is 0.304. The van der Waals surface area contributed by atoms with Crippen molar-refractivity contribution in [3.05, 3.63) is 0 Å². The summed E-state index contributed by atoms with van der Waals surface area (Å²) < 4.78 is 18.7. The first-order chi connectivity index (χ1) is 4.79. The van der Waals surface area contributed by atoms with Crippen LogP contribution in [0.3, 0.4) is 0 Å². The van der Waals surface area contributed by atoms with Crippen LogP contribution in [0, 0.1) is 0 Å². The first kappa shape index (κ1) is 8.17. The van der Waals surface area contributed by atoms with Crippen LogP contribution in [0.2, 0.25) is 0 Å². The minimum atomic E-state index is -1.60. The van der Waals surface area contributed by atoms with Crippen molar-refractivity contribution in [3.63, 3.8) is 0 Å². The maximum Gasteiger partial charge on any atom is 0.154 e. The summed E-state index contributed by atoms with van der Waals surface area (Å²) >= 11 is -1.60. The molecular formula is C6H13NO2S. The van der Waals surface area contributed by atoms with Crippen molar-refractivity contribution in [2.45, 2.75) is 12.8 Å². The van der Waals surface area contributed by atoms with Crippen molar-refractivity contribution in [1.29, 1.82) is 0 Å². The molecule has 1 aliphatic heterocycles. The van der Waals surface area contributed by atoms with Crippen LogP contribution in [0.25, 0.3) is 0 Å². The third-order valence-electron chi connectivity index (χ3n) is 1.78. The van der Waals surface area contributed by atoms with Gasteiger partial charge in [0.15, 0.2) is 11.1 Å². The lowest BCUT2D eigenvalue weighted by Gasteiger charge is -2.11. The van der Waals surface area contributed by atoms with Crippen LogP contribution >= 0.6 is 0 Å². The Morgan fingerprint density at radius 3 is 2.50 bits per heavy atom. The van der Waals surface area contributed by atoms with Crippen LogP contribution in [-0.4, -0.2) is 39.0 Å². The molecule has 0 aromatic carbocycles. The minimum absolute atomic E-state index is 0.403. The third kappa shape index (κ3) is 2.77. The summed E-state index contributed by atoms with van der Waals surface area (Å²) in [6, 6.07) is 0. The van der Waals surface area contributed by atoms with E-state index in [0.29, 0.717) is 5.75 Å². The summed E-state index contributed by atoms with van der Waals surface area (Å²) in [5.74, 6) is 0.403. The molecule has 10 heavy (non-hydrogen) atoms. The standard InChI is InChI=1S/C6H13NO2S/c8-10(9)6-5-7-3-1-2-4-7/h1-6H2,(H,8,9). The number of hydrogen-bond acceptors (Lipinski definition) is 2. The van der Waals surface area contributed by atoms with Crippen molar-refractivity contribution in [1.82, 2.24) is 4.90 Å². The zero-order valence-corrected chi connectivity index (χ0v) is 6.77. The van der Waals surface area contributed by atoms with Gasteiger partial charge in [-0.15, -0.1) is 0 Å². The van der Waals surface area contributed by atoms with E-state index >= 15 is 0 Å². The Labute approximate surface area is 63.7 Å². The molecule has 1 rings (SSSR count). The zero-order chi connectivity index (χ0) is 7.40. The van der Waals surface area contributed by atoms with Crippen molar-refractivity contribution in [3.8, 4) is 0 Å². The minimum Gasteiger partial charge on any atom is -0.306 e. The number of likely N-dealkylation sites (tertiary alicyclic amines) is 1. The van der Waals surface area contributed by atoms with E-state index < -0.39 is 11.1 Å². The highest BCUT2D eigenvalue weighted by atomic mass is 32.2. The van der Waals surface area contributed by atoms with Gasteiger partial charge in [0.25, 0.3) is 0 Å². The molecule has 0 saturated carbocycles. The van der Waals surface area contributed by atoms with E-state index in [1.54, 1.807) is 0 Å². The Morgan fingerprint density at radius 2 is 2.00 bits per heavy atom. The quantitative estimate of drug-likeness (QED) is 0.608. The Bertz CT molecular complexity index is 123. The Kier molecular flexibility index (Phi) is 3.31. The third-order valence-corrected chi connectivity index (χ3v) is 2.31. The molecule has 0 aromatic rings. The lowest BCUT2D eigenvalue weighted by Crippen LogP contribution is -2.24. The van der Waals surface area contributed by atoms with Gasteiger partial charge in [0.1, 0.15) is 0 Å². The number of nitrogens with zero attached hydrogens (tertiary/aromatic N) is 1. The van der Waals surface area contributed by atoms with E-state index in [9.17, 15) is 4.21 Å². The molecule has 0 aliphatic carbocycles. The average Bonchev–Trinajstić information content (AvgIpc) is 2.34. The highest BCUT2D eigenvalue weighted by Crippen LogP contribution is 2.05. The fraction of sp³-hybridized carbons (Fsp3) is 1.00. The van der Waals surface area contributed by atoms with E-state index in [0.717, 1.165) is 19.6 Å². The van der Waals surface area contributed by atoms with Gasteiger partial charge in [-0.1, -0.05) is 0 Å². The largest absolute Gasteiger partial charge is 0.306 e. The van der Waals surface area contributed by atoms with Gasteiger partial charge < -0.3 is 9.45 Å². The van der Waals surface area contributed by atoms with Crippen LogP contribution in [0.5, 0.6) is 0 Å². The molecule has 0 radical (unpaired) electrons. The number of hydrogen-bond donors (Lipinski definition) is 1. The van der Waals surface area contributed by atoms with Crippen molar-refractivity contribution >= 4 is 11.1 Å². The molecule has 0 amide bonds. The van der Waals surface area contributed by atoms with Gasteiger partial charge in [0, 0.05) is 6.54 Å². The predicted molar refractivity (Wildman–Crippen MR) is 41.3 cm³/mol. The molecule has 4 heteroatoms. The molecule has 1 fully saturated rings. The molecule has 60 valence electrons. The van der Waals surface area contributed by atoms with Crippen LogP contribution < -0.4 is 0 Å². The summed E-state index contributed by atoms with van der Waals surface area (Å²) in [6.45, 7) is 3.00. The monoisotopic (exact) mass is 163 g/mol. The van der Waals surface area contributed by atoms with E-state index in [4.69, 9.17) is 4.55 Å². The topological polar surface area (TPSA) is 40.5 Å². The summed E-state index contributed by atoms with van der Waals surface area (Å²) in [5.41, 5.74) is 0. The molecule has 3 nitrogen and oxygen atoms in total. The SMILES string of the molecule is O=S(O)CCN1CCCC1. The molecule has 1 heterocycles. The zero-order valence-electron chi connectivity index (χ0n) is 5.95. The first-order valence-electron chi connectivity index (χ1n) is 3.59. The van der Waals surface area contributed by atoms with E-state index in [1.165, 1.54) is 12.8 Å². The first-order valence-corrected chi connectivity index (χ1v) is 4.86. The van der Waals surface area contributed by atoms with E-state index in [-0.39, 0.29) is 0 Å². The van der Waals surface area contributed by atoms with Gasteiger partial charge in [0.05, 0.1) is 5.75 Å². The molecule has 0 spiro atoms. The molecule has 0 aromatic heterocycles. The van der Waals surface area contributed by atoms with Gasteiger partial charge in [-0.05, 0) is 25.9 Å². The van der Waals surface area contributed by atoms with Crippen LogP contribution in [0.4, 0.5) is 0 Å². The van der Waals surface area contributed by atoms with E-state index in [2.05, 4.69) is 4.90 Å². The summed E-state index contributed by atoms with van der Waals surface area (Å²) in [5, 5.41) is 0. The van der Waals surface area contributed by atoms with Crippen molar-refractivity contribution in [2.24, 2.45) is 0 Å². The molecule has 1 aliphatic rings. The maximum absolute atomic E-state index is 10.2. The summed E-state index contributed by atoms with van der Waals surface area (Å²) in [7, 11) is 0. The average molecular weight is 163 g/mol. The lowest BCUT2D eigenvalue weighted by molar-refractivity contribution is 0.358. The van der Waals surface area contributed by atoms with Gasteiger partial charge in [0.2, 0.25) is 0 Å². The summed E-state index contributed by atoms with van der Waals surface area (Å²) in [6.07, 6.45) is 2.50. The smallest absolute Gasteiger partial charge is 0.154 e. The molecule has 1 saturated heterocycles. The van der Waals surface area contributed by atoms with Crippen LogP contribution in [-0.2, 0) is 11.1 Å². The van der Waals surface area contributed by atoms with Gasteiger partial charge >= 0.3 is 0 Å². The van der Waals surface area contributed by atoms with E-state index in [1.807, 2.05) is 0 Å². The number of rotatable bonds is 3. The Hall–Kier alpha value is 0.0700. The second-order valence-corrected chi connectivity index (χ2v) is 3.63. The van der Waals surface area contributed by atoms with Crippen LogP contribution in [0.1, 0.15) is 12.8 Å². The highest BCUT2D eigenvalue weighted by molar-refractivity contribution is 7.79. The molecule has 0 bridgehead atoms.